The lowest BCUT2D eigenvalue weighted by Crippen LogP contribution is -2.21. The number of benzene rings is 1. The summed E-state index contributed by atoms with van der Waals surface area (Å²) in [7, 11) is 0. The summed E-state index contributed by atoms with van der Waals surface area (Å²) >= 11 is 16.8. The van der Waals surface area contributed by atoms with E-state index >= 15 is 0 Å². The molecule has 14 heavy (non-hydrogen) atoms. The van der Waals surface area contributed by atoms with Gasteiger partial charge in [0.1, 0.15) is 12.2 Å². The van der Waals surface area contributed by atoms with E-state index < -0.39 is 10.4 Å². The van der Waals surface area contributed by atoms with Crippen molar-refractivity contribution in [3.05, 3.63) is 34.9 Å². The van der Waals surface area contributed by atoms with Crippen LogP contribution in [0.4, 0.5) is 0 Å². The average Bonchev–Trinajstić information content (AvgIpc) is 2.18. The molecule has 1 aromatic rings. The molecule has 0 aliphatic heterocycles. The maximum Gasteiger partial charge on any atom is 0.232 e. The second-order valence-corrected chi connectivity index (χ2v) is 4.51. The Morgan fingerprint density at radius 2 is 1.79 bits per heavy atom. The number of nitrogens with zero attached hydrogens (tertiary/aromatic N) is 1. The standard InChI is InChI=1S/C9H6Cl3NO/c10-7-3-1-6(2-4-7)8(14)9(11,12)5-13/h1-4,8,14H. The third kappa shape index (κ3) is 2.52. The van der Waals surface area contributed by atoms with Crippen molar-refractivity contribution in [3.8, 4) is 6.07 Å². The molecule has 1 rings (SSSR count). The van der Waals surface area contributed by atoms with Crippen LogP contribution in [0.1, 0.15) is 11.7 Å². The minimum Gasteiger partial charge on any atom is -0.384 e. The van der Waals surface area contributed by atoms with E-state index in [0.29, 0.717) is 10.6 Å². The predicted molar refractivity (Wildman–Crippen MR) is 56.5 cm³/mol. The smallest absolute Gasteiger partial charge is 0.232 e. The van der Waals surface area contributed by atoms with Gasteiger partial charge in [-0.15, -0.1) is 0 Å². The Morgan fingerprint density at radius 3 is 2.21 bits per heavy atom. The topological polar surface area (TPSA) is 44.0 Å². The summed E-state index contributed by atoms with van der Waals surface area (Å²) in [6.45, 7) is 0. The van der Waals surface area contributed by atoms with E-state index in [1.54, 1.807) is 30.3 Å². The van der Waals surface area contributed by atoms with E-state index in [4.69, 9.17) is 40.1 Å². The fourth-order valence-electron chi connectivity index (χ4n) is 0.916. The van der Waals surface area contributed by atoms with Crippen molar-refractivity contribution in [2.75, 3.05) is 0 Å². The van der Waals surface area contributed by atoms with E-state index in [9.17, 15) is 5.11 Å². The van der Waals surface area contributed by atoms with Crippen LogP contribution in [0, 0.1) is 11.3 Å². The molecule has 0 aliphatic carbocycles. The number of hydrogen-bond donors (Lipinski definition) is 1. The number of halogens is 3. The number of aliphatic hydroxyl groups excluding tert-OH is 1. The molecule has 0 aromatic heterocycles. The quantitative estimate of drug-likeness (QED) is 0.820. The van der Waals surface area contributed by atoms with E-state index in [1.165, 1.54) is 0 Å². The molecule has 0 heterocycles. The second kappa shape index (κ2) is 4.37. The highest BCUT2D eigenvalue weighted by Crippen LogP contribution is 2.35. The number of rotatable bonds is 2. The van der Waals surface area contributed by atoms with Gasteiger partial charge in [-0.3, -0.25) is 0 Å². The fraction of sp³-hybridized carbons (Fsp3) is 0.222. The van der Waals surface area contributed by atoms with Gasteiger partial charge in [-0.2, -0.15) is 5.26 Å². The van der Waals surface area contributed by atoms with Gasteiger partial charge in [0.15, 0.2) is 0 Å². The lowest BCUT2D eigenvalue weighted by Gasteiger charge is -2.18. The van der Waals surface area contributed by atoms with Gasteiger partial charge in [-0.1, -0.05) is 46.9 Å². The van der Waals surface area contributed by atoms with Gasteiger partial charge in [0.2, 0.25) is 4.33 Å². The normalized spacial score (nSPS) is 13.4. The van der Waals surface area contributed by atoms with Gasteiger partial charge < -0.3 is 5.11 Å². The molecule has 2 nitrogen and oxygen atoms in total. The Balaban J connectivity index is 2.96. The maximum atomic E-state index is 9.61. The molecule has 5 heteroatoms. The molecule has 0 saturated carbocycles. The highest BCUT2D eigenvalue weighted by molar-refractivity contribution is 6.50. The Bertz CT molecular complexity index is 355. The number of aliphatic hydroxyl groups is 1. The van der Waals surface area contributed by atoms with E-state index in [1.807, 2.05) is 0 Å². The predicted octanol–water partition coefficient (Wildman–Crippen LogP) is 3.07. The molecule has 1 unspecified atom stereocenters. The zero-order valence-electron chi connectivity index (χ0n) is 6.92. The van der Waals surface area contributed by atoms with Crippen molar-refractivity contribution >= 4 is 34.8 Å². The zero-order valence-corrected chi connectivity index (χ0v) is 9.18. The molecule has 0 saturated heterocycles. The van der Waals surface area contributed by atoms with Crippen molar-refractivity contribution < 1.29 is 5.11 Å². The Morgan fingerprint density at radius 1 is 1.29 bits per heavy atom. The Hall–Kier alpha value is -0.460. The minimum atomic E-state index is -1.84. The van der Waals surface area contributed by atoms with Gasteiger partial charge in [0, 0.05) is 5.02 Å². The van der Waals surface area contributed by atoms with Gasteiger partial charge in [-0.25, -0.2) is 0 Å². The molecule has 1 N–H and O–H groups in total. The van der Waals surface area contributed by atoms with Gasteiger partial charge >= 0.3 is 0 Å². The number of nitriles is 1. The van der Waals surface area contributed by atoms with Crippen molar-refractivity contribution in [3.63, 3.8) is 0 Å². The van der Waals surface area contributed by atoms with Crippen LogP contribution in [0.2, 0.25) is 5.02 Å². The summed E-state index contributed by atoms with van der Waals surface area (Å²) in [5.74, 6) is 0. The van der Waals surface area contributed by atoms with Crippen LogP contribution in [-0.4, -0.2) is 9.44 Å². The lowest BCUT2D eigenvalue weighted by molar-refractivity contribution is 0.175. The molecule has 0 aliphatic rings. The molecule has 74 valence electrons. The molecule has 0 fully saturated rings. The van der Waals surface area contributed by atoms with Crippen LogP contribution in [0.25, 0.3) is 0 Å². The first-order chi connectivity index (χ1) is 6.47. The number of alkyl halides is 2. The third-order valence-corrected chi connectivity index (χ3v) is 2.51. The molecular formula is C9H6Cl3NO. The SMILES string of the molecule is N#CC(Cl)(Cl)C(O)c1ccc(Cl)cc1. The molecule has 1 atom stereocenters. The van der Waals surface area contributed by atoms with Crippen molar-refractivity contribution in [2.45, 2.75) is 10.4 Å². The van der Waals surface area contributed by atoms with Gasteiger partial charge in [-0.05, 0) is 17.7 Å². The van der Waals surface area contributed by atoms with Crippen LogP contribution in [0.3, 0.4) is 0 Å². The summed E-state index contributed by atoms with van der Waals surface area (Å²) in [5.41, 5.74) is 0.445. The van der Waals surface area contributed by atoms with E-state index in [2.05, 4.69) is 0 Å². The Kier molecular flexibility index (Phi) is 3.63. The number of hydrogen-bond acceptors (Lipinski definition) is 2. The van der Waals surface area contributed by atoms with Crippen LogP contribution >= 0.6 is 34.8 Å². The maximum absolute atomic E-state index is 9.61. The van der Waals surface area contributed by atoms with Crippen LogP contribution < -0.4 is 0 Å². The molecule has 0 amide bonds. The van der Waals surface area contributed by atoms with Crippen LogP contribution in [0.15, 0.2) is 24.3 Å². The van der Waals surface area contributed by atoms with E-state index in [0.717, 1.165) is 0 Å². The van der Waals surface area contributed by atoms with Crippen molar-refractivity contribution in [1.29, 1.82) is 5.26 Å². The first kappa shape index (κ1) is 11.6. The molecule has 1 aromatic carbocycles. The van der Waals surface area contributed by atoms with Gasteiger partial charge in [0.25, 0.3) is 0 Å². The Labute approximate surface area is 96.6 Å². The highest BCUT2D eigenvalue weighted by atomic mass is 35.5. The summed E-state index contributed by atoms with van der Waals surface area (Å²) in [4.78, 5) is 0. The summed E-state index contributed by atoms with van der Waals surface area (Å²) in [6.07, 6.45) is -1.26. The highest BCUT2D eigenvalue weighted by Gasteiger charge is 2.34. The second-order valence-electron chi connectivity index (χ2n) is 2.69. The summed E-state index contributed by atoms with van der Waals surface area (Å²) in [5, 5.41) is 18.7. The van der Waals surface area contributed by atoms with Crippen LogP contribution in [0.5, 0.6) is 0 Å². The van der Waals surface area contributed by atoms with Gasteiger partial charge in [0.05, 0.1) is 0 Å². The lowest BCUT2D eigenvalue weighted by atomic mass is 10.1. The van der Waals surface area contributed by atoms with E-state index in [-0.39, 0.29) is 0 Å². The van der Waals surface area contributed by atoms with Crippen molar-refractivity contribution in [2.24, 2.45) is 0 Å². The molecule has 0 bridgehead atoms. The monoisotopic (exact) mass is 249 g/mol. The largest absolute Gasteiger partial charge is 0.384 e. The molecular weight excluding hydrogens is 244 g/mol. The first-order valence-corrected chi connectivity index (χ1v) is 4.83. The summed E-state index contributed by atoms with van der Waals surface area (Å²) in [6, 6.07) is 7.89. The minimum absolute atomic E-state index is 0.445. The van der Waals surface area contributed by atoms with Crippen LogP contribution in [-0.2, 0) is 0 Å². The zero-order chi connectivity index (χ0) is 10.8. The molecule has 0 spiro atoms. The first-order valence-electron chi connectivity index (χ1n) is 3.70. The average molecular weight is 251 g/mol. The molecule has 0 radical (unpaired) electrons. The summed E-state index contributed by atoms with van der Waals surface area (Å²) < 4.78 is -1.84. The fourth-order valence-corrected chi connectivity index (χ4v) is 1.29. The third-order valence-electron chi connectivity index (χ3n) is 1.68. The van der Waals surface area contributed by atoms with Crippen molar-refractivity contribution in [1.82, 2.24) is 0 Å².